The molecule has 0 amide bonds. The predicted octanol–water partition coefficient (Wildman–Crippen LogP) is 4.91. The van der Waals surface area contributed by atoms with Crippen molar-refractivity contribution in [1.29, 1.82) is 0 Å². The number of thioether (sulfide) groups is 1. The van der Waals surface area contributed by atoms with Crippen LogP contribution in [0.25, 0.3) is 0 Å². The number of benzene rings is 2. The summed E-state index contributed by atoms with van der Waals surface area (Å²) in [5.41, 5.74) is 0.398. The predicted molar refractivity (Wildman–Crippen MR) is 85.6 cm³/mol. The van der Waals surface area contributed by atoms with Crippen LogP contribution in [-0.4, -0.2) is 19.0 Å². The smallest absolute Gasteiger partial charge is 0.341 e. The Morgan fingerprint density at radius 3 is 2.62 bits per heavy atom. The highest BCUT2D eigenvalue weighted by molar-refractivity contribution is 7.99. The van der Waals surface area contributed by atoms with Crippen LogP contribution < -0.4 is 4.74 Å². The quantitative estimate of drug-likeness (QED) is 0.439. The third-order valence-corrected chi connectivity index (χ3v) is 4.19. The monoisotopic (exact) mass is 342 g/mol. The summed E-state index contributed by atoms with van der Waals surface area (Å²) in [4.78, 5) is 12.5. The summed E-state index contributed by atoms with van der Waals surface area (Å²) >= 11 is 13.3. The van der Waals surface area contributed by atoms with Gasteiger partial charge in [0.05, 0.1) is 17.2 Å². The Morgan fingerprint density at radius 2 is 1.90 bits per heavy atom. The largest absolute Gasteiger partial charge is 0.482 e. The van der Waals surface area contributed by atoms with Gasteiger partial charge in [0.2, 0.25) is 0 Å². The second-order valence-electron chi connectivity index (χ2n) is 3.97. The zero-order valence-electron chi connectivity index (χ0n) is 11.1. The van der Waals surface area contributed by atoms with E-state index < -0.39 is 5.97 Å². The average molecular weight is 343 g/mol. The molecule has 0 bridgehead atoms. The summed E-state index contributed by atoms with van der Waals surface area (Å²) in [6, 6.07) is 12.3. The van der Waals surface area contributed by atoms with E-state index in [9.17, 15) is 4.79 Å². The number of hydrogen-bond donors (Lipinski definition) is 0. The Labute approximate surface area is 137 Å². The molecule has 0 radical (unpaired) electrons. The lowest BCUT2D eigenvalue weighted by Gasteiger charge is -2.10. The summed E-state index contributed by atoms with van der Waals surface area (Å²) in [6.07, 6.45) is 0. The van der Waals surface area contributed by atoms with Gasteiger partial charge in [-0.3, -0.25) is 0 Å². The van der Waals surface area contributed by atoms with E-state index in [1.54, 1.807) is 36.4 Å². The van der Waals surface area contributed by atoms with Crippen LogP contribution in [0.3, 0.4) is 0 Å². The van der Waals surface area contributed by atoms with Gasteiger partial charge in [-0.1, -0.05) is 47.1 Å². The van der Waals surface area contributed by atoms with E-state index in [0.29, 0.717) is 27.3 Å². The van der Waals surface area contributed by atoms with Crippen LogP contribution in [-0.2, 0) is 4.74 Å². The van der Waals surface area contributed by atoms with Crippen molar-refractivity contribution in [3.8, 4) is 5.75 Å². The average Bonchev–Trinajstić information content (AvgIpc) is 2.50. The lowest BCUT2D eigenvalue weighted by molar-refractivity contribution is 0.0597. The highest BCUT2D eigenvalue weighted by Crippen LogP contribution is 2.29. The van der Waals surface area contributed by atoms with E-state index in [2.05, 4.69) is 0 Å². The minimum absolute atomic E-state index is 0.339. The molecule has 0 fully saturated rings. The van der Waals surface area contributed by atoms with Crippen molar-refractivity contribution >= 4 is 40.9 Å². The molecule has 2 aromatic carbocycles. The third kappa shape index (κ3) is 4.30. The number of halogens is 2. The van der Waals surface area contributed by atoms with Gasteiger partial charge in [0.1, 0.15) is 17.3 Å². The number of hydrogen-bond acceptors (Lipinski definition) is 4. The van der Waals surface area contributed by atoms with Crippen molar-refractivity contribution in [2.45, 2.75) is 4.90 Å². The van der Waals surface area contributed by atoms with E-state index in [1.807, 2.05) is 6.07 Å². The minimum Gasteiger partial charge on any atom is -0.482 e. The molecule has 0 aromatic heterocycles. The Kier molecular flexibility index (Phi) is 5.79. The van der Waals surface area contributed by atoms with Gasteiger partial charge >= 0.3 is 5.97 Å². The van der Waals surface area contributed by atoms with Crippen LogP contribution in [0.15, 0.2) is 47.4 Å². The summed E-state index contributed by atoms with van der Waals surface area (Å²) < 4.78 is 10.3. The number of carbonyl (C=O) groups is 1. The normalized spacial score (nSPS) is 10.2. The van der Waals surface area contributed by atoms with Crippen molar-refractivity contribution in [1.82, 2.24) is 0 Å². The van der Waals surface area contributed by atoms with Crippen LogP contribution in [0.5, 0.6) is 5.75 Å². The second-order valence-corrected chi connectivity index (χ2v) is 5.78. The van der Waals surface area contributed by atoms with E-state index in [-0.39, 0.29) is 0 Å². The Balaban J connectivity index is 2.00. The maximum Gasteiger partial charge on any atom is 0.341 e. The number of para-hydroxylation sites is 1. The van der Waals surface area contributed by atoms with Gasteiger partial charge in [-0.15, -0.1) is 0 Å². The van der Waals surface area contributed by atoms with Crippen LogP contribution in [0.1, 0.15) is 10.4 Å². The van der Waals surface area contributed by atoms with Gasteiger partial charge in [0, 0.05) is 4.90 Å². The molecule has 0 N–H and O–H groups in total. The molecular formula is C15H12Cl2O3S. The molecule has 0 unspecified atom stereocenters. The van der Waals surface area contributed by atoms with Crippen molar-refractivity contribution in [3.63, 3.8) is 0 Å². The molecule has 0 aliphatic carbocycles. The van der Waals surface area contributed by atoms with Gasteiger partial charge in [0.25, 0.3) is 0 Å². The lowest BCUT2D eigenvalue weighted by Crippen LogP contribution is -2.05. The minimum atomic E-state index is -0.426. The van der Waals surface area contributed by atoms with Gasteiger partial charge in [0.15, 0.2) is 0 Å². The fourth-order valence-electron chi connectivity index (χ4n) is 1.60. The van der Waals surface area contributed by atoms with E-state index in [1.165, 1.54) is 18.9 Å². The SMILES string of the molecule is COC(=O)c1ccccc1OCSc1ccc(Cl)c(Cl)c1. The van der Waals surface area contributed by atoms with E-state index in [0.717, 1.165) is 4.90 Å². The Morgan fingerprint density at radius 1 is 1.14 bits per heavy atom. The number of esters is 1. The van der Waals surface area contributed by atoms with Crippen LogP contribution in [0, 0.1) is 0 Å². The topological polar surface area (TPSA) is 35.5 Å². The Hall–Kier alpha value is -1.36. The second kappa shape index (κ2) is 7.59. The molecule has 2 rings (SSSR count). The zero-order chi connectivity index (χ0) is 15.2. The maximum atomic E-state index is 11.6. The van der Waals surface area contributed by atoms with Gasteiger partial charge in [-0.05, 0) is 30.3 Å². The fraction of sp³-hybridized carbons (Fsp3) is 0.133. The zero-order valence-corrected chi connectivity index (χ0v) is 13.5. The molecule has 21 heavy (non-hydrogen) atoms. The molecule has 0 atom stereocenters. The summed E-state index contributed by atoms with van der Waals surface area (Å²) in [7, 11) is 1.34. The van der Waals surface area contributed by atoms with Crippen LogP contribution >= 0.6 is 35.0 Å². The Bertz CT molecular complexity index is 647. The van der Waals surface area contributed by atoms with E-state index in [4.69, 9.17) is 32.7 Å². The molecule has 0 aliphatic heterocycles. The first kappa shape index (κ1) is 16.0. The first-order chi connectivity index (χ1) is 10.1. The highest BCUT2D eigenvalue weighted by atomic mass is 35.5. The number of ether oxygens (including phenoxy) is 2. The summed E-state index contributed by atoms with van der Waals surface area (Å²) in [5, 5.41) is 1.01. The molecule has 3 nitrogen and oxygen atoms in total. The number of carbonyl (C=O) groups excluding carboxylic acids is 1. The maximum absolute atomic E-state index is 11.6. The molecule has 0 saturated carbocycles. The molecule has 6 heteroatoms. The van der Waals surface area contributed by atoms with E-state index >= 15 is 0 Å². The summed E-state index contributed by atoms with van der Waals surface area (Å²) in [6.45, 7) is 0. The van der Waals surface area contributed by atoms with Gasteiger partial charge in [-0.2, -0.15) is 0 Å². The van der Waals surface area contributed by atoms with Gasteiger partial charge < -0.3 is 9.47 Å². The van der Waals surface area contributed by atoms with Crippen LogP contribution in [0.4, 0.5) is 0 Å². The molecule has 0 spiro atoms. The van der Waals surface area contributed by atoms with Crippen molar-refractivity contribution in [2.24, 2.45) is 0 Å². The third-order valence-electron chi connectivity index (χ3n) is 2.62. The molecular weight excluding hydrogens is 331 g/mol. The van der Waals surface area contributed by atoms with Crippen molar-refractivity contribution in [2.75, 3.05) is 13.0 Å². The van der Waals surface area contributed by atoms with Crippen molar-refractivity contribution < 1.29 is 14.3 Å². The number of rotatable bonds is 5. The van der Waals surface area contributed by atoms with Gasteiger partial charge in [-0.25, -0.2) is 4.79 Å². The first-order valence-electron chi connectivity index (χ1n) is 6.00. The molecule has 0 saturated heterocycles. The van der Waals surface area contributed by atoms with Crippen LogP contribution in [0.2, 0.25) is 10.0 Å². The molecule has 2 aromatic rings. The standard InChI is InChI=1S/C15H12Cl2O3S/c1-19-15(18)11-4-2-3-5-14(11)20-9-21-10-6-7-12(16)13(17)8-10/h2-8H,9H2,1H3. The highest BCUT2D eigenvalue weighted by Gasteiger charge is 2.12. The molecule has 110 valence electrons. The lowest BCUT2D eigenvalue weighted by atomic mass is 10.2. The molecule has 0 heterocycles. The molecule has 0 aliphatic rings. The summed E-state index contributed by atoms with van der Waals surface area (Å²) in [5.74, 6) is 0.397. The first-order valence-corrected chi connectivity index (χ1v) is 7.74. The number of methoxy groups -OCH3 is 1. The fourth-order valence-corrected chi connectivity index (χ4v) is 2.65. The van der Waals surface area contributed by atoms with Crippen molar-refractivity contribution in [3.05, 3.63) is 58.1 Å².